The minimum absolute atomic E-state index is 0.00778. The second-order valence-corrected chi connectivity index (χ2v) is 14.0. The van der Waals surface area contributed by atoms with Gasteiger partial charge >= 0.3 is 11.9 Å². The highest BCUT2D eigenvalue weighted by Gasteiger charge is 2.69. The third-order valence-corrected chi connectivity index (χ3v) is 12.2. The van der Waals surface area contributed by atoms with Gasteiger partial charge in [0, 0.05) is 34.8 Å². The Morgan fingerprint density at radius 2 is 1.29 bits per heavy atom. The van der Waals surface area contributed by atoms with Crippen LogP contribution in [0.2, 0.25) is 0 Å². The average molecular weight is 483 g/mol. The van der Waals surface area contributed by atoms with Crippen LogP contribution >= 0.6 is 0 Å². The number of hydrogen-bond acceptors (Lipinski definition) is 5. The third kappa shape index (κ3) is 2.97. The topological polar surface area (TPSA) is 72.8 Å². The van der Waals surface area contributed by atoms with Crippen LogP contribution in [-0.2, 0) is 19.1 Å². The molecule has 0 aromatic rings. The average Bonchev–Trinajstić information content (AvgIpc) is 3.21. The Morgan fingerprint density at radius 1 is 0.743 bits per heavy atom. The minimum atomic E-state index is -0.892. The monoisotopic (exact) mass is 482 g/mol. The molecule has 2 aliphatic heterocycles. The fraction of sp³-hybridized carbons (Fsp3) is 0.800. The highest BCUT2D eigenvalue weighted by molar-refractivity contribution is 5.91. The summed E-state index contributed by atoms with van der Waals surface area (Å²) in [6.45, 7) is 17.4. The molecule has 5 heteroatoms. The van der Waals surface area contributed by atoms with Crippen molar-refractivity contribution in [3.63, 3.8) is 0 Å². The van der Waals surface area contributed by atoms with Gasteiger partial charge in [0.1, 0.15) is 12.2 Å². The number of carbonyl (C=O) groups excluding carboxylic acids is 2. The van der Waals surface area contributed by atoms with E-state index in [2.05, 4.69) is 33.9 Å². The first kappa shape index (κ1) is 23.8. The number of hydrogen-bond donors (Lipinski definition) is 1. The standard InChI is InChI=1S/C30H42O5/c1-16-18-8-13-27(3)11-7-12-28(4,23(27)21(18)34-25(16)31)20-10-15-30(6,33)24-22-19(9-14-29(20,24)5)17(2)26(32)35-22/h18-24,33H,1-2,7-15H2,3-6H3/t18-,19-,20+,21+,22+,23-,24-,27-,28+,29+,30-/m0/s1. The normalized spacial score (nSPS) is 55.4. The van der Waals surface area contributed by atoms with Crippen molar-refractivity contribution >= 4 is 11.9 Å². The van der Waals surface area contributed by atoms with E-state index in [0.29, 0.717) is 23.5 Å². The van der Waals surface area contributed by atoms with Gasteiger partial charge in [-0.15, -0.1) is 0 Å². The van der Waals surface area contributed by atoms with Crippen LogP contribution < -0.4 is 0 Å². The Balaban J connectivity index is 1.44. The summed E-state index contributed by atoms with van der Waals surface area (Å²) in [7, 11) is 0. The number of aliphatic hydroxyl groups is 1. The lowest BCUT2D eigenvalue weighted by atomic mass is 9.38. The molecule has 0 spiro atoms. The molecule has 6 fully saturated rings. The molecular formula is C30H42O5. The predicted molar refractivity (Wildman–Crippen MR) is 132 cm³/mol. The van der Waals surface area contributed by atoms with Crippen molar-refractivity contribution in [3.8, 4) is 0 Å². The van der Waals surface area contributed by atoms with Crippen LogP contribution in [-0.4, -0.2) is 34.9 Å². The first-order valence-corrected chi connectivity index (χ1v) is 13.9. The highest BCUT2D eigenvalue weighted by Crippen LogP contribution is 2.71. The van der Waals surface area contributed by atoms with Crippen molar-refractivity contribution < 1.29 is 24.2 Å². The molecule has 4 saturated carbocycles. The van der Waals surface area contributed by atoms with E-state index in [1.807, 2.05) is 6.92 Å². The summed E-state index contributed by atoms with van der Waals surface area (Å²) in [6, 6.07) is 0. The summed E-state index contributed by atoms with van der Waals surface area (Å²) in [4.78, 5) is 25.2. The number of fused-ring (bicyclic) bond motifs is 6. The van der Waals surface area contributed by atoms with Gasteiger partial charge in [-0.1, -0.05) is 40.3 Å². The Labute approximate surface area is 209 Å². The van der Waals surface area contributed by atoms with Crippen molar-refractivity contribution in [2.24, 2.45) is 45.8 Å². The lowest BCUT2D eigenvalue weighted by Crippen LogP contribution is -2.66. The van der Waals surface area contributed by atoms with Crippen LogP contribution in [0, 0.1) is 45.8 Å². The first-order valence-electron chi connectivity index (χ1n) is 13.9. The predicted octanol–water partition coefficient (Wildman–Crippen LogP) is 5.37. The van der Waals surface area contributed by atoms with E-state index in [0.717, 1.165) is 38.5 Å². The molecule has 2 saturated heterocycles. The van der Waals surface area contributed by atoms with Crippen LogP contribution in [0.1, 0.15) is 85.5 Å². The first-order chi connectivity index (χ1) is 16.3. The summed E-state index contributed by atoms with van der Waals surface area (Å²) in [5, 5.41) is 11.8. The second kappa shape index (κ2) is 7.24. The maximum atomic E-state index is 12.7. The summed E-state index contributed by atoms with van der Waals surface area (Å²) < 4.78 is 12.1. The van der Waals surface area contributed by atoms with Gasteiger partial charge in [-0.2, -0.15) is 0 Å². The number of carbonyl (C=O) groups is 2. The summed E-state index contributed by atoms with van der Waals surface area (Å²) in [5.41, 5.74) is 0.285. The summed E-state index contributed by atoms with van der Waals surface area (Å²) in [5.74, 6) is 0.146. The molecule has 0 radical (unpaired) electrons. The number of rotatable bonds is 1. The molecule has 11 atom stereocenters. The van der Waals surface area contributed by atoms with Crippen molar-refractivity contribution in [1.82, 2.24) is 0 Å². The van der Waals surface area contributed by atoms with Gasteiger partial charge in [0.15, 0.2) is 0 Å². The Hall–Kier alpha value is -1.62. The van der Waals surface area contributed by atoms with E-state index >= 15 is 0 Å². The van der Waals surface area contributed by atoms with Gasteiger partial charge in [-0.3, -0.25) is 0 Å². The van der Waals surface area contributed by atoms with Crippen LogP contribution in [0.15, 0.2) is 24.3 Å². The van der Waals surface area contributed by atoms with Crippen molar-refractivity contribution in [3.05, 3.63) is 24.3 Å². The van der Waals surface area contributed by atoms with E-state index in [1.54, 1.807) is 0 Å². The van der Waals surface area contributed by atoms with Gasteiger partial charge < -0.3 is 14.6 Å². The van der Waals surface area contributed by atoms with Gasteiger partial charge in [0.05, 0.1) is 5.60 Å². The molecule has 0 aromatic heterocycles. The van der Waals surface area contributed by atoms with Gasteiger partial charge in [0.2, 0.25) is 0 Å². The fourth-order valence-electron chi connectivity index (χ4n) is 10.9. The summed E-state index contributed by atoms with van der Waals surface area (Å²) in [6.07, 6.45) is 8.64. The highest BCUT2D eigenvalue weighted by atomic mass is 16.6. The number of esters is 2. The molecule has 6 aliphatic rings. The SMILES string of the molecule is C=C1C(=O)O[C@@H]2[C@H]1CC[C@]1(C)CCC[C@](C)([C@H]3CC[C@](C)(O)[C@H]4[C@@H]5OC(=O)C(=C)[C@@H]5CC[C@]34C)[C@@H]21. The van der Waals surface area contributed by atoms with Gasteiger partial charge in [0.25, 0.3) is 0 Å². The quantitative estimate of drug-likeness (QED) is 0.402. The van der Waals surface area contributed by atoms with Crippen LogP contribution in [0.4, 0.5) is 0 Å². The second-order valence-electron chi connectivity index (χ2n) is 14.0. The molecule has 0 amide bonds. The molecule has 35 heavy (non-hydrogen) atoms. The van der Waals surface area contributed by atoms with E-state index in [-0.39, 0.29) is 64.1 Å². The van der Waals surface area contributed by atoms with E-state index in [4.69, 9.17) is 9.47 Å². The molecule has 1 N–H and O–H groups in total. The zero-order valence-corrected chi connectivity index (χ0v) is 21.9. The largest absolute Gasteiger partial charge is 0.458 e. The fourth-order valence-corrected chi connectivity index (χ4v) is 10.9. The molecule has 5 nitrogen and oxygen atoms in total. The Morgan fingerprint density at radius 3 is 1.91 bits per heavy atom. The van der Waals surface area contributed by atoms with Gasteiger partial charge in [-0.05, 0) is 80.5 Å². The Kier molecular flexibility index (Phi) is 4.91. The molecule has 6 rings (SSSR count). The lowest BCUT2D eigenvalue weighted by molar-refractivity contribution is -0.240. The van der Waals surface area contributed by atoms with E-state index in [9.17, 15) is 14.7 Å². The van der Waals surface area contributed by atoms with Gasteiger partial charge in [-0.25, -0.2) is 9.59 Å². The van der Waals surface area contributed by atoms with Crippen molar-refractivity contribution in [1.29, 1.82) is 0 Å². The third-order valence-electron chi connectivity index (χ3n) is 12.2. The maximum Gasteiger partial charge on any atom is 0.334 e. The van der Waals surface area contributed by atoms with Crippen LogP contribution in [0.3, 0.4) is 0 Å². The molecule has 0 bridgehead atoms. The molecule has 0 unspecified atom stereocenters. The molecule has 0 aromatic carbocycles. The van der Waals surface area contributed by atoms with Crippen molar-refractivity contribution in [2.45, 2.75) is 103 Å². The van der Waals surface area contributed by atoms with Crippen LogP contribution in [0.25, 0.3) is 0 Å². The minimum Gasteiger partial charge on any atom is -0.458 e. The molecule has 4 aliphatic carbocycles. The number of ether oxygens (including phenoxy) is 2. The maximum absolute atomic E-state index is 12.7. The van der Waals surface area contributed by atoms with E-state index < -0.39 is 5.60 Å². The lowest BCUT2D eigenvalue weighted by Gasteiger charge is -2.67. The van der Waals surface area contributed by atoms with Crippen LogP contribution in [0.5, 0.6) is 0 Å². The summed E-state index contributed by atoms with van der Waals surface area (Å²) >= 11 is 0. The zero-order chi connectivity index (χ0) is 25.1. The molecular weight excluding hydrogens is 440 g/mol. The smallest absolute Gasteiger partial charge is 0.334 e. The molecule has 2 heterocycles. The zero-order valence-electron chi connectivity index (χ0n) is 21.9. The Bertz CT molecular complexity index is 1010. The molecule has 192 valence electrons. The van der Waals surface area contributed by atoms with Crippen molar-refractivity contribution in [2.75, 3.05) is 0 Å². The van der Waals surface area contributed by atoms with E-state index in [1.165, 1.54) is 12.8 Å².